The Morgan fingerprint density at radius 3 is 2.65 bits per heavy atom. The summed E-state index contributed by atoms with van der Waals surface area (Å²) in [6.07, 6.45) is 1.91. The second-order valence-corrected chi connectivity index (χ2v) is 6.62. The number of rotatable bonds is 5. The lowest BCUT2D eigenvalue weighted by molar-refractivity contribution is 0.475. The largest absolute Gasteiger partial charge is 0.357 e. The summed E-state index contributed by atoms with van der Waals surface area (Å²) in [7, 11) is 2.08. The Hall–Kier alpha value is -1.15. The van der Waals surface area contributed by atoms with E-state index >= 15 is 0 Å². The van der Waals surface area contributed by atoms with Crippen molar-refractivity contribution in [3.8, 4) is 0 Å². The molecule has 0 aliphatic rings. The number of hydrogen-bond donors (Lipinski definition) is 1. The predicted octanol–water partition coefficient (Wildman–Crippen LogP) is 3.98. The minimum absolute atomic E-state index is 0. The fourth-order valence-electron chi connectivity index (χ4n) is 2.22. The molecular formula is C17H25IN4S. The number of nitrogens with one attached hydrogen (secondary N) is 1. The lowest BCUT2D eigenvalue weighted by Gasteiger charge is -2.23. The van der Waals surface area contributed by atoms with E-state index in [4.69, 9.17) is 4.99 Å². The number of nitrogens with zero attached hydrogens (tertiary/aromatic N) is 3. The van der Waals surface area contributed by atoms with Crippen molar-refractivity contribution >= 4 is 41.3 Å². The molecule has 0 radical (unpaired) electrons. The molecule has 0 saturated heterocycles. The van der Waals surface area contributed by atoms with Gasteiger partial charge in [0.2, 0.25) is 0 Å². The normalized spacial score (nSPS) is 11.0. The number of aromatic nitrogens is 1. The van der Waals surface area contributed by atoms with E-state index < -0.39 is 0 Å². The molecule has 1 heterocycles. The van der Waals surface area contributed by atoms with Crippen LogP contribution >= 0.6 is 35.3 Å². The molecule has 0 bridgehead atoms. The Morgan fingerprint density at radius 1 is 1.30 bits per heavy atom. The summed E-state index contributed by atoms with van der Waals surface area (Å²) in [5.41, 5.74) is 2.63. The standard InChI is InChI=1S/C17H24N4S.HI/c1-5-18-17(20-11-16-10-19-14(3)22-16)21(4)12-15-9-7-6-8-13(15)2;/h6-10H,5,11-12H2,1-4H3,(H,18,20);1H. The zero-order chi connectivity index (χ0) is 15.9. The third-order valence-corrected chi connectivity index (χ3v) is 4.32. The van der Waals surface area contributed by atoms with E-state index in [0.717, 1.165) is 24.1 Å². The summed E-state index contributed by atoms with van der Waals surface area (Å²) < 4.78 is 0. The van der Waals surface area contributed by atoms with Crippen molar-refractivity contribution in [2.45, 2.75) is 33.9 Å². The lowest BCUT2D eigenvalue weighted by Crippen LogP contribution is -2.38. The van der Waals surface area contributed by atoms with E-state index in [1.807, 2.05) is 13.1 Å². The molecule has 0 fully saturated rings. The Bertz CT molecular complexity index is 639. The van der Waals surface area contributed by atoms with Crippen LogP contribution in [0, 0.1) is 13.8 Å². The molecule has 2 rings (SSSR count). The molecule has 6 heteroatoms. The maximum absolute atomic E-state index is 4.72. The highest BCUT2D eigenvalue weighted by atomic mass is 127. The summed E-state index contributed by atoms with van der Waals surface area (Å²) in [6.45, 7) is 8.64. The van der Waals surface area contributed by atoms with Crippen LogP contribution in [0.1, 0.15) is 27.9 Å². The fraction of sp³-hybridized carbons (Fsp3) is 0.412. The summed E-state index contributed by atoms with van der Waals surface area (Å²) in [6, 6.07) is 8.47. The van der Waals surface area contributed by atoms with Crippen LogP contribution in [0.3, 0.4) is 0 Å². The molecule has 0 aliphatic heterocycles. The molecule has 0 atom stereocenters. The first-order valence-electron chi connectivity index (χ1n) is 7.55. The highest BCUT2D eigenvalue weighted by molar-refractivity contribution is 14.0. The van der Waals surface area contributed by atoms with Gasteiger partial charge in [0.05, 0.1) is 11.6 Å². The van der Waals surface area contributed by atoms with Gasteiger partial charge in [0.1, 0.15) is 0 Å². The third-order valence-electron chi connectivity index (χ3n) is 3.42. The van der Waals surface area contributed by atoms with Gasteiger partial charge >= 0.3 is 0 Å². The van der Waals surface area contributed by atoms with Gasteiger partial charge in [-0.3, -0.25) is 0 Å². The van der Waals surface area contributed by atoms with Gasteiger partial charge in [-0.1, -0.05) is 24.3 Å². The molecule has 0 spiro atoms. The van der Waals surface area contributed by atoms with Crippen molar-refractivity contribution in [3.63, 3.8) is 0 Å². The SMILES string of the molecule is CCNC(=NCc1cnc(C)s1)N(C)Cc1ccccc1C.I. The minimum atomic E-state index is 0. The number of aryl methyl sites for hydroxylation is 2. The fourth-order valence-corrected chi connectivity index (χ4v) is 2.94. The second kappa shape index (κ2) is 9.87. The highest BCUT2D eigenvalue weighted by Crippen LogP contribution is 2.13. The van der Waals surface area contributed by atoms with Crippen LogP contribution in [0.4, 0.5) is 0 Å². The van der Waals surface area contributed by atoms with Crippen LogP contribution < -0.4 is 5.32 Å². The molecule has 0 saturated carbocycles. The quantitative estimate of drug-likeness (QED) is 0.431. The first-order chi connectivity index (χ1) is 10.6. The Kier molecular flexibility index (Phi) is 8.54. The Balaban J connectivity index is 0.00000264. The number of benzene rings is 1. The van der Waals surface area contributed by atoms with Crippen LogP contribution in [-0.2, 0) is 13.1 Å². The van der Waals surface area contributed by atoms with Crippen molar-refractivity contribution in [2.24, 2.45) is 4.99 Å². The first kappa shape index (κ1) is 19.9. The molecule has 1 aromatic heterocycles. The van der Waals surface area contributed by atoms with Gasteiger partial charge in [-0.15, -0.1) is 35.3 Å². The van der Waals surface area contributed by atoms with Crippen LogP contribution in [0.25, 0.3) is 0 Å². The van der Waals surface area contributed by atoms with Crippen molar-refractivity contribution in [3.05, 3.63) is 51.5 Å². The third kappa shape index (κ3) is 6.10. The summed E-state index contributed by atoms with van der Waals surface area (Å²) in [4.78, 5) is 12.4. The summed E-state index contributed by atoms with van der Waals surface area (Å²) in [5.74, 6) is 0.928. The van der Waals surface area contributed by atoms with Crippen LogP contribution in [0.2, 0.25) is 0 Å². The Morgan fingerprint density at radius 2 is 2.04 bits per heavy atom. The zero-order valence-electron chi connectivity index (χ0n) is 14.2. The number of hydrogen-bond acceptors (Lipinski definition) is 3. The van der Waals surface area contributed by atoms with E-state index in [-0.39, 0.29) is 24.0 Å². The molecular weight excluding hydrogens is 419 g/mol. The van der Waals surface area contributed by atoms with Gasteiger partial charge in [-0.05, 0) is 31.9 Å². The monoisotopic (exact) mass is 444 g/mol. The molecule has 1 N–H and O–H groups in total. The molecule has 4 nitrogen and oxygen atoms in total. The lowest BCUT2D eigenvalue weighted by atomic mass is 10.1. The van der Waals surface area contributed by atoms with Gasteiger partial charge in [0.25, 0.3) is 0 Å². The van der Waals surface area contributed by atoms with E-state index in [1.54, 1.807) is 11.3 Å². The summed E-state index contributed by atoms with van der Waals surface area (Å²) in [5, 5.41) is 4.45. The predicted molar refractivity (Wildman–Crippen MR) is 110 cm³/mol. The van der Waals surface area contributed by atoms with E-state index in [9.17, 15) is 0 Å². The van der Waals surface area contributed by atoms with E-state index in [2.05, 4.69) is 60.4 Å². The summed E-state index contributed by atoms with van der Waals surface area (Å²) >= 11 is 1.70. The number of guanidine groups is 1. The molecule has 0 unspecified atom stereocenters. The topological polar surface area (TPSA) is 40.5 Å². The van der Waals surface area contributed by atoms with Crippen LogP contribution in [-0.4, -0.2) is 29.4 Å². The van der Waals surface area contributed by atoms with Gasteiger partial charge in [0, 0.05) is 31.2 Å². The number of aliphatic imine (C=N–C) groups is 1. The van der Waals surface area contributed by atoms with E-state index in [1.165, 1.54) is 16.0 Å². The molecule has 2 aromatic rings. The second-order valence-electron chi connectivity index (χ2n) is 5.30. The molecule has 0 aliphatic carbocycles. The van der Waals surface area contributed by atoms with Crippen molar-refractivity contribution in [1.82, 2.24) is 15.2 Å². The van der Waals surface area contributed by atoms with E-state index in [0.29, 0.717) is 6.54 Å². The maximum Gasteiger partial charge on any atom is 0.194 e. The van der Waals surface area contributed by atoms with Crippen molar-refractivity contribution < 1.29 is 0 Å². The van der Waals surface area contributed by atoms with Crippen LogP contribution in [0.15, 0.2) is 35.5 Å². The van der Waals surface area contributed by atoms with Gasteiger partial charge in [-0.2, -0.15) is 0 Å². The molecule has 0 amide bonds. The van der Waals surface area contributed by atoms with Gasteiger partial charge in [-0.25, -0.2) is 9.98 Å². The maximum atomic E-state index is 4.72. The highest BCUT2D eigenvalue weighted by Gasteiger charge is 2.08. The van der Waals surface area contributed by atoms with Gasteiger partial charge < -0.3 is 10.2 Å². The first-order valence-corrected chi connectivity index (χ1v) is 8.37. The molecule has 126 valence electrons. The van der Waals surface area contributed by atoms with Gasteiger partial charge in [0.15, 0.2) is 5.96 Å². The molecule has 23 heavy (non-hydrogen) atoms. The van der Waals surface area contributed by atoms with Crippen LogP contribution in [0.5, 0.6) is 0 Å². The Labute approximate surface area is 160 Å². The molecule has 1 aromatic carbocycles. The van der Waals surface area contributed by atoms with Crippen molar-refractivity contribution in [2.75, 3.05) is 13.6 Å². The number of halogens is 1. The van der Waals surface area contributed by atoms with Crippen molar-refractivity contribution in [1.29, 1.82) is 0 Å². The minimum Gasteiger partial charge on any atom is -0.357 e. The average molecular weight is 444 g/mol. The zero-order valence-corrected chi connectivity index (χ0v) is 17.3. The number of thiazole rings is 1. The average Bonchev–Trinajstić information content (AvgIpc) is 2.91. The smallest absolute Gasteiger partial charge is 0.194 e.